The molecule has 0 heterocycles. The van der Waals surface area contributed by atoms with Crippen molar-refractivity contribution in [2.24, 2.45) is 5.73 Å². The topological polar surface area (TPSA) is 26.0 Å². The average molecular weight is 187 g/mol. The molecule has 0 fully saturated rings. The highest BCUT2D eigenvalue weighted by Crippen LogP contribution is 2.20. The standard InChI is InChI=1S/C10H25NSi/c1-5-6-8-12(3,4)9-7-10(2)11/h10H,5-9,11H2,1-4H3. The monoisotopic (exact) mass is 187 g/mol. The van der Waals surface area contributed by atoms with E-state index in [1.165, 1.54) is 31.4 Å². The molecule has 2 heteroatoms. The largest absolute Gasteiger partial charge is 0.328 e. The Morgan fingerprint density at radius 3 is 2.25 bits per heavy atom. The molecule has 0 saturated carbocycles. The van der Waals surface area contributed by atoms with Gasteiger partial charge in [-0.3, -0.25) is 0 Å². The second kappa shape index (κ2) is 5.76. The quantitative estimate of drug-likeness (QED) is 0.635. The van der Waals surface area contributed by atoms with Gasteiger partial charge in [-0.05, 0) is 13.3 Å². The summed E-state index contributed by atoms with van der Waals surface area (Å²) < 4.78 is 0. The van der Waals surface area contributed by atoms with Crippen LogP contribution in [0, 0.1) is 0 Å². The van der Waals surface area contributed by atoms with Crippen LogP contribution in [0.1, 0.15) is 33.1 Å². The molecule has 0 saturated heterocycles. The van der Waals surface area contributed by atoms with Gasteiger partial charge in [0.25, 0.3) is 0 Å². The van der Waals surface area contributed by atoms with Crippen LogP contribution < -0.4 is 5.73 Å². The Bertz CT molecular complexity index is 110. The molecular weight excluding hydrogens is 162 g/mol. The maximum atomic E-state index is 5.75. The van der Waals surface area contributed by atoms with Crippen molar-refractivity contribution >= 4 is 8.07 Å². The molecular formula is C10H25NSi. The van der Waals surface area contributed by atoms with Crippen molar-refractivity contribution in [2.45, 2.75) is 64.3 Å². The zero-order chi connectivity index (χ0) is 9.61. The third-order valence-electron chi connectivity index (χ3n) is 2.48. The SMILES string of the molecule is CCCC[Si](C)(C)CCC(C)N. The van der Waals surface area contributed by atoms with E-state index in [2.05, 4.69) is 26.9 Å². The first kappa shape index (κ1) is 12.2. The van der Waals surface area contributed by atoms with E-state index in [1.807, 2.05) is 0 Å². The molecule has 1 atom stereocenters. The van der Waals surface area contributed by atoms with E-state index in [0.717, 1.165) is 0 Å². The molecule has 0 aliphatic rings. The predicted molar refractivity (Wildman–Crippen MR) is 60.3 cm³/mol. The van der Waals surface area contributed by atoms with E-state index >= 15 is 0 Å². The van der Waals surface area contributed by atoms with Gasteiger partial charge in [0.15, 0.2) is 0 Å². The van der Waals surface area contributed by atoms with Gasteiger partial charge in [-0.15, -0.1) is 0 Å². The summed E-state index contributed by atoms with van der Waals surface area (Å²) in [4.78, 5) is 0. The summed E-state index contributed by atoms with van der Waals surface area (Å²) in [5.41, 5.74) is 5.75. The lowest BCUT2D eigenvalue weighted by atomic mass is 10.3. The fourth-order valence-electron chi connectivity index (χ4n) is 1.40. The maximum Gasteiger partial charge on any atom is 0.0474 e. The predicted octanol–water partition coefficient (Wildman–Crippen LogP) is 3.23. The normalized spacial score (nSPS) is 14.8. The minimum atomic E-state index is -0.867. The molecule has 0 spiro atoms. The Hall–Kier alpha value is 0.177. The lowest BCUT2D eigenvalue weighted by Gasteiger charge is -2.22. The van der Waals surface area contributed by atoms with Crippen LogP contribution in [0.25, 0.3) is 0 Å². The van der Waals surface area contributed by atoms with Gasteiger partial charge >= 0.3 is 0 Å². The highest BCUT2D eigenvalue weighted by atomic mass is 28.3. The Balaban J connectivity index is 3.56. The van der Waals surface area contributed by atoms with Gasteiger partial charge in [-0.2, -0.15) is 0 Å². The second-order valence-corrected chi connectivity index (χ2v) is 10.1. The number of rotatable bonds is 6. The summed E-state index contributed by atoms with van der Waals surface area (Å²) in [6.45, 7) is 9.37. The van der Waals surface area contributed by atoms with Crippen LogP contribution in [0.5, 0.6) is 0 Å². The molecule has 1 unspecified atom stereocenters. The molecule has 0 bridgehead atoms. The van der Waals surface area contributed by atoms with E-state index in [0.29, 0.717) is 6.04 Å². The van der Waals surface area contributed by atoms with Gasteiger partial charge < -0.3 is 5.73 Å². The fourth-order valence-corrected chi connectivity index (χ4v) is 4.20. The zero-order valence-electron chi connectivity index (χ0n) is 9.19. The van der Waals surface area contributed by atoms with Crippen molar-refractivity contribution < 1.29 is 0 Å². The Morgan fingerprint density at radius 1 is 1.25 bits per heavy atom. The molecule has 12 heavy (non-hydrogen) atoms. The summed E-state index contributed by atoms with van der Waals surface area (Å²) in [7, 11) is -0.867. The average Bonchev–Trinajstić information content (AvgIpc) is 1.98. The van der Waals surface area contributed by atoms with E-state index in [-0.39, 0.29) is 0 Å². The highest BCUT2D eigenvalue weighted by molar-refractivity contribution is 6.77. The van der Waals surface area contributed by atoms with Gasteiger partial charge in [0.2, 0.25) is 0 Å². The molecule has 0 rings (SSSR count). The maximum absolute atomic E-state index is 5.75. The second-order valence-electron chi connectivity index (χ2n) is 4.78. The van der Waals surface area contributed by atoms with Crippen LogP contribution in [0.15, 0.2) is 0 Å². The molecule has 0 aliphatic carbocycles. The molecule has 2 N–H and O–H groups in total. The van der Waals surface area contributed by atoms with E-state index in [1.54, 1.807) is 0 Å². The van der Waals surface area contributed by atoms with Crippen molar-refractivity contribution in [1.82, 2.24) is 0 Å². The number of unbranched alkanes of at least 4 members (excludes halogenated alkanes) is 1. The summed E-state index contributed by atoms with van der Waals surface area (Å²) in [5.74, 6) is 0. The first-order valence-corrected chi connectivity index (χ1v) is 8.65. The van der Waals surface area contributed by atoms with Crippen LogP contribution in [0.2, 0.25) is 25.2 Å². The molecule has 74 valence electrons. The fraction of sp³-hybridized carbons (Fsp3) is 1.00. The van der Waals surface area contributed by atoms with E-state index in [9.17, 15) is 0 Å². The number of hydrogen-bond acceptors (Lipinski definition) is 1. The molecule has 0 amide bonds. The summed E-state index contributed by atoms with van der Waals surface area (Å²) >= 11 is 0. The van der Waals surface area contributed by atoms with Crippen LogP contribution in [-0.2, 0) is 0 Å². The molecule has 0 aromatic carbocycles. The Morgan fingerprint density at radius 2 is 1.83 bits per heavy atom. The molecule has 0 aromatic heterocycles. The lowest BCUT2D eigenvalue weighted by molar-refractivity contribution is 0.703. The smallest absolute Gasteiger partial charge is 0.0474 e. The van der Waals surface area contributed by atoms with Crippen molar-refractivity contribution in [3.63, 3.8) is 0 Å². The minimum Gasteiger partial charge on any atom is -0.328 e. The van der Waals surface area contributed by atoms with Crippen molar-refractivity contribution in [1.29, 1.82) is 0 Å². The zero-order valence-corrected chi connectivity index (χ0v) is 10.2. The Labute approximate surface area is 78.7 Å². The first-order chi connectivity index (χ1) is 5.48. The van der Waals surface area contributed by atoms with E-state index in [4.69, 9.17) is 5.73 Å². The van der Waals surface area contributed by atoms with Crippen molar-refractivity contribution in [3.8, 4) is 0 Å². The summed E-state index contributed by atoms with van der Waals surface area (Å²) in [6, 6.07) is 3.29. The third-order valence-corrected chi connectivity index (χ3v) is 5.83. The van der Waals surface area contributed by atoms with Crippen LogP contribution in [-0.4, -0.2) is 14.1 Å². The van der Waals surface area contributed by atoms with Crippen LogP contribution in [0.4, 0.5) is 0 Å². The first-order valence-electron chi connectivity index (χ1n) is 5.23. The van der Waals surface area contributed by atoms with Gasteiger partial charge in [-0.1, -0.05) is 44.9 Å². The van der Waals surface area contributed by atoms with Gasteiger partial charge in [-0.25, -0.2) is 0 Å². The van der Waals surface area contributed by atoms with Gasteiger partial charge in [0, 0.05) is 14.1 Å². The summed E-state index contributed by atoms with van der Waals surface area (Å²) in [6.07, 6.45) is 3.98. The van der Waals surface area contributed by atoms with Crippen LogP contribution >= 0.6 is 0 Å². The van der Waals surface area contributed by atoms with Gasteiger partial charge in [0.1, 0.15) is 0 Å². The Kier molecular flexibility index (Phi) is 5.84. The number of nitrogens with two attached hydrogens (primary N) is 1. The van der Waals surface area contributed by atoms with Crippen LogP contribution in [0.3, 0.4) is 0 Å². The minimum absolute atomic E-state index is 0.401. The molecule has 1 nitrogen and oxygen atoms in total. The number of hydrogen-bond donors (Lipinski definition) is 1. The molecule has 0 aliphatic heterocycles. The molecule has 0 aromatic rings. The lowest BCUT2D eigenvalue weighted by Crippen LogP contribution is -2.28. The van der Waals surface area contributed by atoms with Gasteiger partial charge in [0.05, 0.1) is 0 Å². The van der Waals surface area contributed by atoms with Crippen molar-refractivity contribution in [2.75, 3.05) is 0 Å². The van der Waals surface area contributed by atoms with E-state index < -0.39 is 8.07 Å². The highest BCUT2D eigenvalue weighted by Gasteiger charge is 2.19. The third kappa shape index (κ3) is 6.86. The summed E-state index contributed by atoms with van der Waals surface area (Å²) in [5, 5.41) is 0. The molecule has 0 radical (unpaired) electrons. The van der Waals surface area contributed by atoms with Crippen molar-refractivity contribution in [3.05, 3.63) is 0 Å².